The van der Waals surface area contributed by atoms with Crippen LogP contribution in [0.5, 0.6) is 5.75 Å². The highest BCUT2D eigenvalue weighted by molar-refractivity contribution is 5.71. The molecule has 2 saturated heterocycles. The number of aliphatic hydroxyl groups is 1. The summed E-state index contributed by atoms with van der Waals surface area (Å²) < 4.78 is 16.8. The summed E-state index contributed by atoms with van der Waals surface area (Å²) in [5.41, 5.74) is 5.68. The molecule has 1 atom stereocenters. The molecule has 3 aromatic rings. The van der Waals surface area contributed by atoms with E-state index >= 15 is 0 Å². The Labute approximate surface area is 224 Å². The Bertz CT molecular complexity index is 1210. The van der Waals surface area contributed by atoms with E-state index in [2.05, 4.69) is 22.3 Å². The first-order valence-corrected chi connectivity index (χ1v) is 13.6. The molecule has 2 aromatic heterocycles. The molecule has 1 unspecified atom stereocenters. The molecule has 0 saturated carbocycles. The van der Waals surface area contributed by atoms with Crippen LogP contribution in [-0.4, -0.2) is 83.8 Å². The number of benzene rings is 1. The van der Waals surface area contributed by atoms with Gasteiger partial charge in [0.25, 0.3) is 0 Å². The number of aromatic nitrogens is 3. The van der Waals surface area contributed by atoms with Gasteiger partial charge in [-0.15, -0.1) is 0 Å². The molecule has 2 N–H and O–H groups in total. The molecular weight excluding hydrogens is 482 g/mol. The third-order valence-corrected chi connectivity index (χ3v) is 7.76. The molecule has 9 nitrogen and oxygen atoms in total. The van der Waals surface area contributed by atoms with E-state index in [-0.39, 0.29) is 6.61 Å². The molecular formula is C29H39N5O4. The molecule has 9 heteroatoms. The van der Waals surface area contributed by atoms with Crippen LogP contribution in [0, 0.1) is 26.7 Å². The van der Waals surface area contributed by atoms with E-state index < -0.39 is 6.10 Å². The summed E-state index contributed by atoms with van der Waals surface area (Å²) in [6, 6.07) is 8.37. The van der Waals surface area contributed by atoms with Crippen LogP contribution < -0.4 is 10.1 Å². The van der Waals surface area contributed by atoms with Crippen molar-refractivity contribution in [2.24, 2.45) is 5.92 Å². The molecule has 1 aromatic carbocycles. The number of nitrogens with one attached hydrogen (secondary N) is 1. The fraction of sp³-hybridized carbons (Fsp3) is 0.552. The molecule has 2 aliphatic rings. The lowest BCUT2D eigenvalue weighted by Gasteiger charge is -2.41. The van der Waals surface area contributed by atoms with Crippen molar-refractivity contribution in [3.63, 3.8) is 0 Å². The van der Waals surface area contributed by atoms with Gasteiger partial charge in [-0.05, 0) is 83.8 Å². The quantitative estimate of drug-likeness (QED) is 0.415. The van der Waals surface area contributed by atoms with Crippen LogP contribution in [0.3, 0.4) is 0 Å². The van der Waals surface area contributed by atoms with E-state index in [1.54, 1.807) is 7.05 Å². The van der Waals surface area contributed by atoms with E-state index in [0.717, 1.165) is 85.1 Å². The lowest BCUT2D eigenvalue weighted by atomic mass is 9.89. The maximum absolute atomic E-state index is 10.0. The minimum Gasteiger partial charge on any atom is -0.491 e. The zero-order valence-corrected chi connectivity index (χ0v) is 22.9. The van der Waals surface area contributed by atoms with Crippen LogP contribution in [0.25, 0.3) is 22.6 Å². The summed E-state index contributed by atoms with van der Waals surface area (Å²) in [4.78, 5) is 12.7. The Hall–Kier alpha value is -2.85. The van der Waals surface area contributed by atoms with Gasteiger partial charge in [0.2, 0.25) is 0 Å². The summed E-state index contributed by atoms with van der Waals surface area (Å²) in [7, 11) is 1.80. The van der Waals surface area contributed by atoms with Gasteiger partial charge in [0.15, 0.2) is 5.82 Å². The second-order valence-electron chi connectivity index (χ2n) is 10.6. The van der Waals surface area contributed by atoms with Crippen molar-refractivity contribution < 1.29 is 19.1 Å². The van der Waals surface area contributed by atoms with Crippen LogP contribution in [0.4, 0.5) is 0 Å². The van der Waals surface area contributed by atoms with Crippen LogP contribution in [-0.2, 0) is 11.2 Å². The van der Waals surface area contributed by atoms with Gasteiger partial charge in [-0.25, -0.2) is 9.97 Å². The molecule has 2 aliphatic heterocycles. The predicted octanol–water partition coefficient (Wildman–Crippen LogP) is 3.34. The summed E-state index contributed by atoms with van der Waals surface area (Å²) in [6.07, 6.45) is 2.65. The SMILES string of the molecule is CNCC(O)COc1cccc(-c2nc(CC3CCN(C4COC4)CC3)c(C)c(-c3c(C)noc3C)n2)c1. The van der Waals surface area contributed by atoms with Crippen molar-refractivity contribution >= 4 is 0 Å². The van der Waals surface area contributed by atoms with Crippen molar-refractivity contribution in [1.29, 1.82) is 0 Å². The van der Waals surface area contributed by atoms with E-state index in [1.807, 2.05) is 38.1 Å². The number of likely N-dealkylation sites (N-methyl/N-ethyl adjacent to an activating group) is 1. The Balaban J connectivity index is 1.43. The van der Waals surface area contributed by atoms with Crippen molar-refractivity contribution in [3.8, 4) is 28.4 Å². The van der Waals surface area contributed by atoms with Gasteiger partial charge in [-0.2, -0.15) is 0 Å². The van der Waals surface area contributed by atoms with E-state index in [0.29, 0.717) is 30.1 Å². The first-order chi connectivity index (χ1) is 18.4. The summed E-state index contributed by atoms with van der Waals surface area (Å²) in [5.74, 6) is 2.67. The number of hydrogen-bond donors (Lipinski definition) is 2. The van der Waals surface area contributed by atoms with Gasteiger partial charge in [0.1, 0.15) is 24.2 Å². The fourth-order valence-electron chi connectivity index (χ4n) is 5.40. The normalized spacial score (nSPS) is 17.9. The van der Waals surface area contributed by atoms with Crippen molar-refractivity contribution in [3.05, 3.63) is 47.0 Å². The number of nitrogens with zero attached hydrogens (tertiary/aromatic N) is 4. The van der Waals surface area contributed by atoms with Crippen LogP contribution in [0.1, 0.15) is 35.6 Å². The second-order valence-corrected chi connectivity index (χ2v) is 10.6. The molecule has 2 fully saturated rings. The lowest BCUT2D eigenvalue weighted by Crippen LogP contribution is -2.51. The van der Waals surface area contributed by atoms with Gasteiger partial charge >= 0.3 is 0 Å². The van der Waals surface area contributed by atoms with Gasteiger partial charge < -0.3 is 24.4 Å². The molecule has 0 amide bonds. The molecule has 5 rings (SSSR count). The number of piperidine rings is 1. The third kappa shape index (κ3) is 5.91. The van der Waals surface area contributed by atoms with Crippen LogP contribution >= 0.6 is 0 Å². The van der Waals surface area contributed by atoms with Crippen LogP contribution in [0.2, 0.25) is 0 Å². The lowest BCUT2D eigenvalue weighted by molar-refractivity contribution is -0.0737. The zero-order valence-electron chi connectivity index (χ0n) is 22.9. The largest absolute Gasteiger partial charge is 0.491 e. The Morgan fingerprint density at radius 3 is 2.61 bits per heavy atom. The molecule has 0 bridgehead atoms. The zero-order chi connectivity index (χ0) is 26.6. The minimum atomic E-state index is -0.583. The molecule has 0 spiro atoms. The highest BCUT2D eigenvalue weighted by atomic mass is 16.5. The second kappa shape index (κ2) is 11.9. The van der Waals surface area contributed by atoms with Crippen molar-refractivity contribution in [2.45, 2.75) is 52.2 Å². The first kappa shape index (κ1) is 26.7. The molecule has 0 radical (unpaired) electrons. The smallest absolute Gasteiger partial charge is 0.160 e. The molecule has 4 heterocycles. The summed E-state index contributed by atoms with van der Waals surface area (Å²) in [5, 5.41) is 17.2. The monoisotopic (exact) mass is 521 g/mol. The summed E-state index contributed by atoms with van der Waals surface area (Å²) >= 11 is 0. The Morgan fingerprint density at radius 2 is 1.95 bits per heavy atom. The molecule has 0 aliphatic carbocycles. The molecule has 38 heavy (non-hydrogen) atoms. The first-order valence-electron chi connectivity index (χ1n) is 13.6. The maximum Gasteiger partial charge on any atom is 0.160 e. The number of rotatable bonds is 10. The number of aliphatic hydroxyl groups excluding tert-OH is 1. The average molecular weight is 522 g/mol. The predicted molar refractivity (Wildman–Crippen MR) is 145 cm³/mol. The average Bonchev–Trinajstić information content (AvgIpc) is 3.22. The number of aryl methyl sites for hydroxylation is 2. The highest BCUT2D eigenvalue weighted by Gasteiger charge is 2.30. The van der Waals surface area contributed by atoms with E-state index in [1.165, 1.54) is 0 Å². The Kier molecular flexibility index (Phi) is 8.38. The third-order valence-electron chi connectivity index (χ3n) is 7.76. The maximum atomic E-state index is 10.0. The molecule has 204 valence electrons. The van der Waals surface area contributed by atoms with E-state index in [4.69, 9.17) is 24.0 Å². The number of likely N-dealkylation sites (tertiary alicyclic amines) is 1. The van der Waals surface area contributed by atoms with Gasteiger partial charge in [-0.3, -0.25) is 4.90 Å². The van der Waals surface area contributed by atoms with Crippen molar-refractivity contribution in [2.75, 3.05) is 46.5 Å². The summed E-state index contributed by atoms with van der Waals surface area (Å²) in [6.45, 7) is 10.7. The Morgan fingerprint density at radius 1 is 1.16 bits per heavy atom. The number of ether oxygens (including phenoxy) is 2. The van der Waals surface area contributed by atoms with Gasteiger partial charge in [-0.1, -0.05) is 17.3 Å². The van der Waals surface area contributed by atoms with E-state index in [9.17, 15) is 5.11 Å². The fourth-order valence-corrected chi connectivity index (χ4v) is 5.40. The van der Waals surface area contributed by atoms with Crippen LogP contribution in [0.15, 0.2) is 28.8 Å². The highest BCUT2D eigenvalue weighted by Crippen LogP contribution is 2.34. The van der Waals surface area contributed by atoms with Gasteiger partial charge in [0, 0.05) is 17.8 Å². The standard InChI is InChI=1S/C29H39N5O4/c1-18-26(12-21-8-10-34(11-9-21)23-15-36-16-23)31-29(32-28(18)27-19(2)33-38-20(27)3)22-6-5-7-25(13-22)37-17-24(35)14-30-4/h5-7,13,21,23-24,30,35H,8-12,14-17H2,1-4H3. The van der Waals surface area contributed by atoms with Gasteiger partial charge in [0.05, 0.1) is 36.2 Å². The minimum absolute atomic E-state index is 0.209. The number of hydrogen-bond acceptors (Lipinski definition) is 9. The van der Waals surface area contributed by atoms with Crippen molar-refractivity contribution in [1.82, 2.24) is 25.3 Å². The topological polar surface area (TPSA) is 106 Å².